The van der Waals surface area contributed by atoms with Crippen LogP contribution in [0.3, 0.4) is 0 Å². The third kappa shape index (κ3) is 2.66. The van der Waals surface area contributed by atoms with E-state index < -0.39 is 0 Å². The molecule has 86 valence electrons. The van der Waals surface area contributed by atoms with Crippen LogP contribution in [0, 0.1) is 5.92 Å². The van der Waals surface area contributed by atoms with Crippen molar-refractivity contribution in [2.75, 3.05) is 19.4 Å². The molecule has 0 heterocycles. The molecule has 16 heavy (non-hydrogen) atoms. The average molecular weight is 220 g/mol. The number of ether oxygens (including phenoxy) is 1. The normalized spacial score (nSPS) is 14.6. The number of benzene rings is 1. The van der Waals surface area contributed by atoms with Crippen LogP contribution in [-0.2, 0) is 0 Å². The van der Waals surface area contributed by atoms with Crippen LogP contribution in [0.5, 0.6) is 5.75 Å². The Balaban J connectivity index is 2.05. The van der Waals surface area contributed by atoms with E-state index in [9.17, 15) is 4.79 Å². The predicted molar refractivity (Wildman–Crippen MR) is 62.5 cm³/mol. The molecule has 1 fully saturated rings. The molecule has 1 aromatic carbocycles. The summed E-state index contributed by atoms with van der Waals surface area (Å²) in [6.07, 6.45) is 2.45. The second kappa shape index (κ2) is 4.43. The van der Waals surface area contributed by atoms with Crippen molar-refractivity contribution < 1.29 is 9.53 Å². The molecule has 0 aromatic heterocycles. The van der Waals surface area contributed by atoms with E-state index >= 15 is 0 Å². The van der Waals surface area contributed by atoms with Crippen LogP contribution in [0.15, 0.2) is 18.2 Å². The standard InChI is InChI=1S/C12H16N2O2/c1-16-11-5-9(4-10(13)6-11)12(15)14-7-8-2-3-8/h4-6,8H,2-3,7,13H2,1H3,(H,14,15). The second-order valence-corrected chi connectivity index (χ2v) is 4.15. The molecular weight excluding hydrogens is 204 g/mol. The summed E-state index contributed by atoms with van der Waals surface area (Å²) in [5.74, 6) is 1.20. The monoisotopic (exact) mass is 220 g/mol. The number of nitrogens with one attached hydrogen (secondary N) is 1. The Labute approximate surface area is 94.8 Å². The number of carbonyl (C=O) groups is 1. The lowest BCUT2D eigenvalue weighted by atomic mass is 10.1. The molecule has 0 aliphatic heterocycles. The van der Waals surface area contributed by atoms with Gasteiger partial charge in [-0.05, 0) is 30.9 Å². The summed E-state index contributed by atoms with van der Waals surface area (Å²) < 4.78 is 5.06. The highest BCUT2D eigenvalue weighted by molar-refractivity contribution is 5.95. The molecule has 1 aliphatic carbocycles. The van der Waals surface area contributed by atoms with Gasteiger partial charge in [-0.15, -0.1) is 0 Å². The fraction of sp³-hybridized carbons (Fsp3) is 0.417. The first-order chi connectivity index (χ1) is 7.69. The minimum atomic E-state index is -0.0856. The molecule has 3 N–H and O–H groups in total. The van der Waals surface area contributed by atoms with Gasteiger partial charge in [-0.25, -0.2) is 0 Å². The number of carbonyl (C=O) groups excluding carboxylic acids is 1. The number of hydrogen-bond donors (Lipinski definition) is 2. The minimum Gasteiger partial charge on any atom is -0.497 e. The van der Waals surface area contributed by atoms with Crippen molar-refractivity contribution in [2.45, 2.75) is 12.8 Å². The van der Waals surface area contributed by atoms with Gasteiger partial charge in [-0.1, -0.05) is 0 Å². The minimum absolute atomic E-state index is 0.0856. The van der Waals surface area contributed by atoms with Crippen LogP contribution < -0.4 is 15.8 Å². The van der Waals surface area contributed by atoms with Crippen molar-refractivity contribution in [3.8, 4) is 5.75 Å². The van der Waals surface area contributed by atoms with E-state index in [1.165, 1.54) is 12.8 Å². The van der Waals surface area contributed by atoms with Crippen molar-refractivity contribution in [2.24, 2.45) is 5.92 Å². The molecule has 1 saturated carbocycles. The maximum absolute atomic E-state index is 11.8. The van der Waals surface area contributed by atoms with Gasteiger partial charge in [0.25, 0.3) is 5.91 Å². The number of amides is 1. The lowest BCUT2D eigenvalue weighted by Gasteiger charge is -2.07. The molecule has 0 saturated heterocycles. The quantitative estimate of drug-likeness (QED) is 0.754. The lowest BCUT2D eigenvalue weighted by molar-refractivity contribution is 0.0951. The Kier molecular flexibility index (Phi) is 2.99. The zero-order chi connectivity index (χ0) is 11.5. The summed E-state index contributed by atoms with van der Waals surface area (Å²) in [6.45, 7) is 0.760. The molecule has 1 amide bonds. The number of rotatable bonds is 4. The van der Waals surface area contributed by atoms with Crippen LogP contribution in [0.4, 0.5) is 5.69 Å². The van der Waals surface area contributed by atoms with Gasteiger partial charge >= 0.3 is 0 Å². The fourth-order valence-corrected chi connectivity index (χ4v) is 1.53. The van der Waals surface area contributed by atoms with Crippen LogP contribution in [0.25, 0.3) is 0 Å². The molecule has 2 rings (SSSR count). The van der Waals surface area contributed by atoms with Gasteiger partial charge < -0.3 is 15.8 Å². The molecule has 0 atom stereocenters. The van der Waals surface area contributed by atoms with Crippen LogP contribution in [0.2, 0.25) is 0 Å². The van der Waals surface area contributed by atoms with Crippen LogP contribution >= 0.6 is 0 Å². The smallest absolute Gasteiger partial charge is 0.251 e. The molecule has 0 unspecified atom stereocenters. The summed E-state index contributed by atoms with van der Waals surface area (Å²) in [4.78, 5) is 11.8. The van der Waals surface area contributed by atoms with E-state index in [2.05, 4.69) is 5.32 Å². The van der Waals surface area contributed by atoms with Gasteiger partial charge in [-0.3, -0.25) is 4.79 Å². The van der Waals surface area contributed by atoms with Gasteiger partial charge in [0, 0.05) is 23.9 Å². The Bertz CT molecular complexity index is 400. The first-order valence-electron chi connectivity index (χ1n) is 5.42. The molecule has 0 radical (unpaired) electrons. The predicted octanol–water partition coefficient (Wildman–Crippen LogP) is 1.42. The van der Waals surface area contributed by atoms with E-state index in [4.69, 9.17) is 10.5 Å². The molecule has 1 aliphatic rings. The van der Waals surface area contributed by atoms with E-state index in [1.54, 1.807) is 25.3 Å². The largest absolute Gasteiger partial charge is 0.497 e. The Morgan fingerprint density at radius 2 is 2.25 bits per heavy atom. The summed E-state index contributed by atoms with van der Waals surface area (Å²) in [6, 6.07) is 5.04. The Morgan fingerprint density at radius 3 is 2.88 bits per heavy atom. The molecule has 0 spiro atoms. The SMILES string of the molecule is COc1cc(N)cc(C(=O)NCC2CC2)c1. The van der Waals surface area contributed by atoms with E-state index in [1.807, 2.05) is 0 Å². The molecule has 1 aromatic rings. The summed E-state index contributed by atoms with van der Waals surface area (Å²) in [5.41, 5.74) is 6.77. The zero-order valence-electron chi connectivity index (χ0n) is 9.32. The maximum atomic E-state index is 11.8. The van der Waals surface area contributed by atoms with Crippen molar-refractivity contribution in [3.05, 3.63) is 23.8 Å². The number of nitrogens with two attached hydrogens (primary N) is 1. The van der Waals surface area contributed by atoms with Crippen LogP contribution in [-0.4, -0.2) is 19.6 Å². The molecule has 4 heteroatoms. The lowest BCUT2D eigenvalue weighted by Crippen LogP contribution is -2.25. The highest BCUT2D eigenvalue weighted by Gasteiger charge is 2.21. The first-order valence-corrected chi connectivity index (χ1v) is 5.42. The number of hydrogen-bond acceptors (Lipinski definition) is 3. The van der Waals surface area contributed by atoms with Crippen LogP contribution in [0.1, 0.15) is 23.2 Å². The number of nitrogen functional groups attached to an aromatic ring is 1. The molecular formula is C12H16N2O2. The van der Waals surface area contributed by atoms with Gasteiger partial charge in [0.05, 0.1) is 7.11 Å². The summed E-state index contributed by atoms with van der Waals surface area (Å²) in [5, 5.41) is 2.89. The topological polar surface area (TPSA) is 64.3 Å². The number of methoxy groups -OCH3 is 1. The molecule has 4 nitrogen and oxygen atoms in total. The van der Waals surface area contributed by atoms with Gasteiger partial charge in [-0.2, -0.15) is 0 Å². The second-order valence-electron chi connectivity index (χ2n) is 4.15. The van der Waals surface area contributed by atoms with E-state index in [0.29, 0.717) is 22.9 Å². The summed E-state index contributed by atoms with van der Waals surface area (Å²) >= 11 is 0. The fourth-order valence-electron chi connectivity index (χ4n) is 1.53. The van der Waals surface area contributed by atoms with E-state index in [-0.39, 0.29) is 5.91 Å². The van der Waals surface area contributed by atoms with Crippen molar-refractivity contribution in [1.29, 1.82) is 0 Å². The highest BCUT2D eigenvalue weighted by atomic mass is 16.5. The first kappa shape index (κ1) is 10.8. The highest BCUT2D eigenvalue weighted by Crippen LogP contribution is 2.27. The van der Waals surface area contributed by atoms with Crippen molar-refractivity contribution in [1.82, 2.24) is 5.32 Å². The van der Waals surface area contributed by atoms with Crippen molar-refractivity contribution in [3.63, 3.8) is 0 Å². The van der Waals surface area contributed by atoms with Gasteiger partial charge in [0.15, 0.2) is 0 Å². The van der Waals surface area contributed by atoms with Gasteiger partial charge in [0.1, 0.15) is 5.75 Å². The van der Waals surface area contributed by atoms with Crippen molar-refractivity contribution >= 4 is 11.6 Å². The van der Waals surface area contributed by atoms with E-state index in [0.717, 1.165) is 6.54 Å². The average Bonchev–Trinajstić information content (AvgIpc) is 3.08. The third-order valence-corrected chi connectivity index (χ3v) is 2.67. The van der Waals surface area contributed by atoms with Gasteiger partial charge in [0.2, 0.25) is 0 Å². The Hall–Kier alpha value is -1.71. The maximum Gasteiger partial charge on any atom is 0.251 e. The Morgan fingerprint density at radius 1 is 1.50 bits per heavy atom. The third-order valence-electron chi connectivity index (χ3n) is 2.67. The molecule has 0 bridgehead atoms. The zero-order valence-corrected chi connectivity index (χ0v) is 9.32. The summed E-state index contributed by atoms with van der Waals surface area (Å²) in [7, 11) is 1.56. The number of anilines is 1.